The Labute approximate surface area is 129 Å². The lowest BCUT2D eigenvalue weighted by atomic mass is 10.2. The summed E-state index contributed by atoms with van der Waals surface area (Å²) in [5.41, 5.74) is 2.43. The van der Waals surface area contributed by atoms with E-state index in [-0.39, 0.29) is 0 Å². The highest BCUT2D eigenvalue weighted by atomic mass is 15.3. The van der Waals surface area contributed by atoms with Gasteiger partial charge in [-0.15, -0.1) is 0 Å². The molecule has 4 nitrogen and oxygen atoms in total. The Balaban J connectivity index is 1.39. The van der Waals surface area contributed by atoms with E-state index >= 15 is 0 Å². The Kier molecular flexibility index (Phi) is 3.35. The molecule has 0 N–H and O–H groups in total. The van der Waals surface area contributed by atoms with Crippen LogP contribution < -0.4 is 0 Å². The molecule has 0 aliphatic rings. The molecule has 2 aromatic heterocycles. The van der Waals surface area contributed by atoms with Crippen LogP contribution in [0.2, 0.25) is 0 Å². The number of aryl methyl sites for hydroxylation is 2. The predicted molar refractivity (Wildman–Crippen MR) is 88.7 cm³/mol. The van der Waals surface area contributed by atoms with Gasteiger partial charge in [0, 0.05) is 23.9 Å². The van der Waals surface area contributed by atoms with Crippen molar-refractivity contribution in [2.24, 2.45) is 0 Å². The fourth-order valence-corrected chi connectivity index (χ4v) is 2.93. The van der Waals surface area contributed by atoms with Gasteiger partial charge in [0.2, 0.25) is 0 Å². The summed E-state index contributed by atoms with van der Waals surface area (Å²) in [6.45, 7) is 1.90. The van der Waals surface area contributed by atoms with Crippen LogP contribution in [-0.4, -0.2) is 19.6 Å². The molecule has 110 valence electrons. The number of unbranched alkanes of at least 4 members (excludes halogenated alkanes) is 1. The summed E-state index contributed by atoms with van der Waals surface area (Å²) in [7, 11) is 0. The Morgan fingerprint density at radius 2 is 1.09 bits per heavy atom. The van der Waals surface area contributed by atoms with E-state index in [4.69, 9.17) is 0 Å². The van der Waals surface area contributed by atoms with Crippen molar-refractivity contribution < 1.29 is 0 Å². The minimum absolute atomic E-state index is 0.951. The summed E-state index contributed by atoms with van der Waals surface area (Å²) in [5, 5.41) is 11.4. The van der Waals surface area contributed by atoms with Crippen LogP contribution in [0, 0.1) is 0 Å². The minimum atomic E-state index is 0.951. The number of hydrogen-bond acceptors (Lipinski definition) is 2. The molecular formula is C18H18N4. The molecule has 0 saturated heterocycles. The molecular weight excluding hydrogens is 272 g/mol. The predicted octanol–water partition coefficient (Wildman–Crippen LogP) is 3.87. The van der Waals surface area contributed by atoms with Gasteiger partial charge in [-0.05, 0) is 25.0 Å². The van der Waals surface area contributed by atoms with Crippen molar-refractivity contribution in [3.05, 3.63) is 60.9 Å². The van der Waals surface area contributed by atoms with Gasteiger partial charge in [-0.25, -0.2) is 0 Å². The minimum Gasteiger partial charge on any atom is -0.265 e. The molecule has 4 rings (SSSR count). The van der Waals surface area contributed by atoms with Crippen molar-refractivity contribution in [1.29, 1.82) is 0 Å². The van der Waals surface area contributed by atoms with E-state index in [1.54, 1.807) is 0 Å². The molecule has 0 fully saturated rings. The van der Waals surface area contributed by atoms with Crippen molar-refractivity contribution in [3.8, 4) is 0 Å². The lowest BCUT2D eigenvalue weighted by Gasteiger charge is -2.05. The summed E-state index contributed by atoms with van der Waals surface area (Å²) in [4.78, 5) is 0. The first-order valence-corrected chi connectivity index (χ1v) is 7.73. The number of aromatic nitrogens is 4. The average Bonchev–Trinajstić information content (AvgIpc) is 3.16. The van der Waals surface area contributed by atoms with Crippen LogP contribution in [0.5, 0.6) is 0 Å². The van der Waals surface area contributed by atoms with Crippen molar-refractivity contribution in [2.45, 2.75) is 25.9 Å². The van der Waals surface area contributed by atoms with Crippen LogP contribution in [0.25, 0.3) is 21.8 Å². The largest absolute Gasteiger partial charge is 0.265 e. The fraction of sp³-hybridized carbons (Fsp3) is 0.222. The zero-order valence-electron chi connectivity index (χ0n) is 12.4. The Morgan fingerprint density at radius 1 is 0.636 bits per heavy atom. The Morgan fingerprint density at radius 3 is 1.59 bits per heavy atom. The summed E-state index contributed by atoms with van der Waals surface area (Å²) in [5.74, 6) is 0. The monoisotopic (exact) mass is 290 g/mol. The molecule has 0 atom stereocenters. The normalized spacial score (nSPS) is 11.5. The van der Waals surface area contributed by atoms with Gasteiger partial charge in [0.1, 0.15) is 0 Å². The van der Waals surface area contributed by atoms with E-state index < -0.39 is 0 Å². The van der Waals surface area contributed by atoms with Crippen molar-refractivity contribution in [3.63, 3.8) is 0 Å². The van der Waals surface area contributed by atoms with E-state index in [9.17, 15) is 0 Å². The van der Waals surface area contributed by atoms with E-state index in [0.717, 1.165) is 25.9 Å². The maximum Gasteiger partial charge on any atom is 0.0682 e. The maximum atomic E-state index is 4.47. The van der Waals surface area contributed by atoms with Gasteiger partial charge in [0.15, 0.2) is 0 Å². The summed E-state index contributed by atoms with van der Waals surface area (Å²) < 4.78 is 4.19. The number of fused-ring (bicyclic) bond motifs is 2. The second-order valence-electron chi connectivity index (χ2n) is 5.56. The zero-order valence-corrected chi connectivity index (χ0v) is 12.4. The van der Waals surface area contributed by atoms with Crippen molar-refractivity contribution in [1.82, 2.24) is 19.6 Å². The molecule has 2 heterocycles. The third-order valence-electron chi connectivity index (χ3n) is 4.09. The van der Waals surface area contributed by atoms with Crippen LogP contribution in [0.1, 0.15) is 12.8 Å². The lowest BCUT2D eigenvalue weighted by molar-refractivity contribution is 0.516. The molecule has 0 bridgehead atoms. The second kappa shape index (κ2) is 5.64. The zero-order chi connectivity index (χ0) is 14.8. The van der Waals surface area contributed by atoms with E-state index in [1.165, 1.54) is 21.8 Å². The highest BCUT2D eigenvalue weighted by Gasteiger charge is 2.03. The molecule has 0 saturated carbocycles. The molecule has 0 aliphatic heterocycles. The van der Waals surface area contributed by atoms with Crippen LogP contribution in [0.3, 0.4) is 0 Å². The lowest BCUT2D eigenvalue weighted by Crippen LogP contribution is -2.04. The average molecular weight is 290 g/mol. The van der Waals surface area contributed by atoms with Gasteiger partial charge in [0.25, 0.3) is 0 Å². The molecule has 4 aromatic rings. The number of rotatable bonds is 5. The molecule has 4 heteroatoms. The molecule has 0 aliphatic carbocycles. The van der Waals surface area contributed by atoms with Gasteiger partial charge in [-0.2, -0.15) is 10.2 Å². The number of hydrogen-bond donors (Lipinski definition) is 0. The van der Waals surface area contributed by atoms with Gasteiger partial charge in [0.05, 0.1) is 23.4 Å². The van der Waals surface area contributed by atoms with Crippen molar-refractivity contribution >= 4 is 21.8 Å². The smallest absolute Gasteiger partial charge is 0.0682 e. The van der Waals surface area contributed by atoms with Crippen LogP contribution in [0.4, 0.5) is 0 Å². The van der Waals surface area contributed by atoms with Crippen molar-refractivity contribution in [2.75, 3.05) is 0 Å². The molecule has 2 aromatic carbocycles. The first kappa shape index (κ1) is 13.1. The van der Waals surface area contributed by atoms with Gasteiger partial charge >= 0.3 is 0 Å². The van der Waals surface area contributed by atoms with Crippen LogP contribution in [-0.2, 0) is 13.1 Å². The Hall–Kier alpha value is -2.62. The first-order valence-electron chi connectivity index (χ1n) is 7.73. The standard InChI is InChI=1S/C18H18N4/c1-3-9-17-15(7-1)13-19-21(17)11-5-6-12-22-18-10-4-2-8-16(18)14-20-22/h1-4,7-10,13-14H,5-6,11-12H2. The van der Waals surface area contributed by atoms with E-state index in [0.29, 0.717) is 0 Å². The fourth-order valence-electron chi connectivity index (χ4n) is 2.93. The topological polar surface area (TPSA) is 35.6 Å². The third-order valence-corrected chi connectivity index (χ3v) is 4.09. The number of para-hydroxylation sites is 2. The molecule has 0 spiro atoms. The van der Waals surface area contributed by atoms with E-state index in [1.807, 2.05) is 12.4 Å². The second-order valence-corrected chi connectivity index (χ2v) is 5.56. The maximum absolute atomic E-state index is 4.47. The SMILES string of the molecule is c1ccc2c(c1)cnn2CCCCn1ncc2ccccc21. The highest BCUT2D eigenvalue weighted by Crippen LogP contribution is 2.15. The third kappa shape index (κ3) is 2.37. The summed E-state index contributed by atoms with van der Waals surface area (Å²) >= 11 is 0. The summed E-state index contributed by atoms with van der Waals surface area (Å²) in [6.07, 6.45) is 6.08. The van der Waals surface area contributed by atoms with Gasteiger partial charge in [-0.1, -0.05) is 36.4 Å². The van der Waals surface area contributed by atoms with Crippen LogP contribution >= 0.6 is 0 Å². The van der Waals surface area contributed by atoms with E-state index in [2.05, 4.69) is 68.1 Å². The number of nitrogens with zero attached hydrogens (tertiary/aromatic N) is 4. The molecule has 0 radical (unpaired) electrons. The van der Waals surface area contributed by atoms with Crippen LogP contribution in [0.15, 0.2) is 60.9 Å². The highest BCUT2D eigenvalue weighted by molar-refractivity contribution is 5.78. The van der Waals surface area contributed by atoms with Gasteiger partial charge < -0.3 is 0 Å². The summed E-state index contributed by atoms with van der Waals surface area (Å²) in [6, 6.07) is 16.7. The Bertz CT molecular complexity index is 827. The quantitative estimate of drug-likeness (QED) is 0.523. The number of benzene rings is 2. The first-order chi connectivity index (χ1) is 10.9. The molecule has 0 unspecified atom stereocenters. The molecule has 0 amide bonds. The molecule has 22 heavy (non-hydrogen) atoms. The van der Waals surface area contributed by atoms with Gasteiger partial charge in [-0.3, -0.25) is 9.36 Å².